The van der Waals surface area contributed by atoms with E-state index in [2.05, 4.69) is 39.9 Å². The number of rotatable bonds is 17. The van der Waals surface area contributed by atoms with Crippen LogP contribution >= 0.6 is 22.7 Å². The van der Waals surface area contributed by atoms with Gasteiger partial charge in [0.25, 0.3) is 5.91 Å². The molecule has 0 bridgehead atoms. The van der Waals surface area contributed by atoms with Crippen molar-refractivity contribution in [2.24, 2.45) is 11.8 Å². The predicted molar refractivity (Wildman–Crippen MR) is 189 cm³/mol. The summed E-state index contributed by atoms with van der Waals surface area (Å²) in [6.07, 6.45) is 1.02. The zero-order chi connectivity index (χ0) is 35.3. The van der Waals surface area contributed by atoms with E-state index in [0.29, 0.717) is 38.6 Å². The zero-order valence-electron chi connectivity index (χ0n) is 28.8. The van der Waals surface area contributed by atoms with Gasteiger partial charge in [-0.25, -0.2) is 19.6 Å². The minimum absolute atomic E-state index is 0.00946. The first-order valence-corrected chi connectivity index (χ1v) is 18.4. The summed E-state index contributed by atoms with van der Waals surface area (Å²) >= 11 is 2.94. The lowest BCUT2D eigenvalue weighted by molar-refractivity contribution is -0.130. The van der Waals surface area contributed by atoms with Crippen LogP contribution in [0.15, 0.2) is 47.4 Å². The summed E-state index contributed by atoms with van der Waals surface area (Å²) in [6.45, 7) is 9.82. The molecular formula is C34H49N7O6S2. The van der Waals surface area contributed by atoms with Crippen molar-refractivity contribution in [3.05, 3.63) is 68.6 Å². The molecule has 4 N–H and O–H groups in total. The van der Waals surface area contributed by atoms with Gasteiger partial charge in [-0.15, -0.1) is 22.7 Å². The Hall–Kier alpha value is -3.63. The van der Waals surface area contributed by atoms with Gasteiger partial charge in [0.2, 0.25) is 0 Å². The smallest absolute Gasteiger partial charge is 0.407 e. The molecular weight excluding hydrogens is 667 g/mol. The second-order valence-corrected chi connectivity index (χ2v) is 14.9. The van der Waals surface area contributed by atoms with E-state index in [0.717, 1.165) is 27.6 Å². The maximum absolute atomic E-state index is 13.8. The van der Waals surface area contributed by atoms with E-state index in [1.54, 1.807) is 35.1 Å². The first-order chi connectivity index (χ1) is 23.5. The molecule has 0 radical (unpaired) electrons. The van der Waals surface area contributed by atoms with E-state index in [9.17, 15) is 19.5 Å². The molecule has 3 aromatic rings. The number of thiazole rings is 2. The van der Waals surface area contributed by atoms with Crippen LogP contribution < -0.4 is 16.1 Å². The summed E-state index contributed by atoms with van der Waals surface area (Å²) in [4.78, 5) is 50.8. The van der Waals surface area contributed by atoms with E-state index in [-0.39, 0.29) is 25.0 Å². The Kier molecular flexibility index (Phi) is 14.8. The molecule has 1 unspecified atom stereocenters. The van der Waals surface area contributed by atoms with Crippen molar-refractivity contribution in [1.29, 1.82) is 0 Å². The highest BCUT2D eigenvalue weighted by Crippen LogP contribution is 2.20. The molecule has 0 saturated carbocycles. The van der Waals surface area contributed by atoms with Gasteiger partial charge in [0.05, 0.1) is 46.4 Å². The number of amides is 4. The van der Waals surface area contributed by atoms with Gasteiger partial charge < -0.3 is 30.1 Å². The summed E-state index contributed by atoms with van der Waals surface area (Å²) in [5.74, 6) is -0.206. The van der Waals surface area contributed by atoms with Crippen LogP contribution in [0.3, 0.4) is 0 Å². The number of nitrogens with zero attached hydrogens (tertiary/aromatic N) is 4. The molecule has 4 amide bonds. The van der Waals surface area contributed by atoms with Crippen LogP contribution in [-0.2, 0) is 33.8 Å². The van der Waals surface area contributed by atoms with Crippen LogP contribution in [0.25, 0.3) is 0 Å². The summed E-state index contributed by atoms with van der Waals surface area (Å²) in [6, 6.07) is 7.55. The Balaban J connectivity index is 1.43. The van der Waals surface area contributed by atoms with Gasteiger partial charge in [0, 0.05) is 44.2 Å². The highest BCUT2D eigenvalue weighted by molar-refractivity contribution is 7.09. The number of carbonyl (C=O) groups is 3. The average molecular weight is 716 g/mol. The number of hydrogen-bond donors (Lipinski definition) is 4. The van der Waals surface area contributed by atoms with Gasteiger partial charge in [-0.3, -0.25) is 15.2 Å². The first-order valence-electron chi connectivity index (χ1n) is 16.6. The Morgan fingerprint density at radius 3 is 2.53 bits per heavy atom. The van der Waals surface area contributed by atoms with Gasteiger partial charge in [-0.1, -0.05) is 58.0 Å². The van der Waals surface area contributed by atoms with Gasteiger partial charge in [0.15, 0.2) is 0 Å². The summed E-state index contributed by atoms with van der Waals surface area (Å²) in [5, 5.41) is 21.9. The molecule has 4 rings (SSSR count). The molecule has 1 fully saturated rings. The number of carbonyl (C=O) groups excluding carboxylic acids is 3. The fraction of sp³-hybridized carbons (Fsp3) is 0.559. The summed E-state index contributed by atoms with van der Waals surface area (Å²) in [7, 11) is 1.67. The van der Waals surface area contributed by atoms with Gasteiger partial charge >= 0.3 is 12.1 Å². The molecule has 2 aromatic heterocycles. The standard InChI is InChI=1S/C34H49N7O6S2/c1-22(2)30(38-33(44)40(5)16-26-20-48-32(36-26)23(3)4)31(43)39-41(15-25-11-12-46-18-25)17-29(42)28(13-24-9-7-6-8-10-24)37-34(45)47-19-27-14-35-21-49-27/h6-10,14,20-23,25,28-30,42H,11-13,15-19H2,1-5H3,(H,37,45)(H,38,44)(H,39,43)/t25?,28-,29-,30+/m0/s1. The molecule has 0 spiro atoms. The van der Waals surface area contributed by atoms with Crippen LogP contribution in [0.4, 0.5) is 9.59 Å². The summed E-state index contributed by atoms with van der Waals surface area (Å²) < 4.78 is 11.0. The van der Waals surface area contributed by atoms with E-state index in [1.165, 1.54) is 16.2 Å². The third kappa shape index (κ3) is 12.3. The van der Waals surface area contributed by atoms with Crippen molar-refractivity contribution in [3.8, 4) is 0 Å². The highest BCUT2D eigenvalue weighted by Gasteiger charge is 2.31. The number of ether oxygens (including phenoxy) is 2. The van der Waals surface area contributed by atoms with Gasteiger partial charge in [0.1, 0.15) is 12.6 Å². The maximum Gasteiger partial charge on any atom is 0.407 e. The van der Waals surface area contributed by atoms with E-state index >= 15 is 0 Å². The number of benzene rings is 1. The monoisotopic (exact) mass is 715 g/mol. The number of alkyl carbamates (subject to hydrolysis) is 1. The van der Waals surface area contributed by atoms with Crippen LogP contribution in [0.1, 0.15) is 61.2 Å². The third-order valence-corrected chi connectivity index (χ3v) is 10.1. The van der Waals surface area contributed by atoms with Crippen molar-refractivity contribution in [1.82, 2.24) is 35.9 Å². The van der Waals surface area contributed by atoms with Crippen molar-refractivity contribution >= 4 is 40.7 Å². The van der Waals surface area contributed by atoms with Crippen molar-refractivity contribution in [3.63, 3.8) is 0 Å². The lowest BCUT2D eigenvalue weighted by atomic mass is 10.0. The Morgan fingerprint density at radius 1 is 1.12 bits per heavy atom. The van der Waals surface area contributed by atoms with Crippen molar-refractivity contribution in [2.45, 2.75) is 77.8 Å². The largest absolute Gasteiger partial charge is 0.444 e. The molecule has 1 aliphatic rings. The fourth-order valence-corrected chi connectivity index (χ4v) is 6.66. The van der Waals surface area contributed by atoms with E-state index < -0.39 is 36.2 Å². The normalized spacial score (nSPS) is 16.4. The Morgan fingerprint density at radius 2 is 1.90 bits per heavy atom. The molecule has 15 heteroatoms. The van der Waals surface area contributed by atoms with E-state index in [1.807, 2.05) is 49.6 Å². The molecule has 1 aromatic carbocycles. The first kappa shape index (κ1) is 38.2. The second-order valence-electron chi connectivity index (χ2n) is 13.0. The summed E-state index contributed by atoms with van der Waals surface area (Å²) in [5.41, 5.74) is 6.34. The maximum atomic E-state index is 13.8. The Bertz CT molecular complexity index is 1450. The SMILES string of the molecule is CC(C)c1nc(CN(C)C(=O)N[C@@H](C(=O)NN(CC2CCOC2)C[C@H](O)[C@H](Cc2ccccc2)NC(=O)OCc2cncs2)C(C)C)cs1. The number of hydrogen-bond acceptors (Lipinski definition) is 11. The highest BCUT2D eigenvalue weighted by atomic mass is 32.1. The zero-order valence-corrected chi connectivity index (χ0v) is 30.5. The van der Waals surface area contributed by atoms with Crippen LogP contribution in [0, 0.1) is 11.8 Å². The van der Waals surface area contributed by atoms with Gasteiger partial charge in [-0.05, 0) is 30.2 Å². The van der Waals surface area contributed by atoms with Crippen LogP contribution in [0.5, 0.6) is 0 Å². The quantitative estimate of drug-likeness (QED) is 0.151. The molecule has 3 heterocycles. The number of aliphatic hydroxyl groups excluding tert-OH is 1. The lowest BCUT2D eigenvalue weighted by Gasteiger charge is -2.33. The van der Waals surface area contributed by atoms with E-state index in [4.69, 9.17) is 9.47 Å². The molecule has 4 atom stereocenters. The lowest BCUT2D eigenvalue weighted by Crippen LogP contribution is -2.59. The minimum atomic E-state index is -1.09. The number of aromatic nitrogens is 2. The minimum Gasteiger partial charge on any atom is -0.444 e. The fourth-order valence-electron chi connectivity index (χ4n) is 5.33. The number of urea groups is 1. The average Bonchev–Trinajstić information content (AvgIpc) is 3.86. The van der Waals surface area contributed by atoms with Crippen molar-refractivity contribution in [2.75, 3.05) is 33.4 Å². The molecule has 0 aliphatic carbocycles. The molecule has 49 heavy (non-hydrogen) atoms. The second kappa shape index (κ2) is 18.9. The topological polar surface area (TPSA) is 158 Å². The van der Waals surface area contributed by atoms with Crippen LogP contribution in [-0.4, -0.2) is 94.6 Å². The third-order valence-electron chi connectivity index (χ3n) is 8.11. The molecule has 1 saturated heterocycles. The predicted octanol–water partition coefficient (Wildman–Crippen LogP) is 4.16. The number of aliphatic hydroxyl groups is 1. The molecule has 13 nitrogen and oxygen atoms in total. The Labute approximate surface area is 296 Å². The van der Waals surface area contributed by atoms with Crippen molar-refractivity contribution < 1.29 is 29.0 Å². The molecule has 268 valence electrons. The number of hydrazine groups is 1. The number of nitrogens with one attached hydrogen (secondary N) is 3. The van der Waals surface area contributed by atoms with Crippen LogP contribution in [0.2, 0.25) is 0 Å². The molecule has 1 aliphatic heterocycles. The van der Waals surface area contributed by atoms with Gasteiger partial charge in [-0.2, -0.15) is 0 Å².